The second-order valence-corrected chi connectivity index (χ2v) is 23.9. The van der Waals surface area contributed by atoms with Crippen molar-refractivity contribution >= 4 is 17.1 Å². The number of nitrogens with zero attached hydrogens (tertiary/aromatic N) is 1. The molecule has 0 aliphatic heterocycles. The molecule has 4 bridgehead atoms. The molecular weight excluding hydrogens is 759 g/mol. The molecule has 7 aliphatic carbocycles. The van der Waals surface area contributed by atoms with E-state index in [0.717, 1.165) is 11.8 Å². The van der Waals surface area contributed by atoms with E-state index in [1.807, 2.05) is 0 Å². The van der Waals surface area contributed by atoms with Crippen molar-refractivity contribution in [3.8, 4) is 33.4 Å². The van der Waals surface area contributed by atoms with Crippen LogP contribution < -0.4 is 4.90 Å². The average Bonchev–Trinajstić information content (AvgIpc) is 3.56. The Balaban J connectivity index is 1.25. The average molecular weight is 826 g/mol. The number of hydrogen-bond acceptors (Lipinski definition) is 1. The molecule has 4 fully saturated rings. The third kappa shape index (κ3) is 5.72. The summed E-state index contributed by atoms with van der Waals surface area (Å²) in [5, 5.41) is 0. The Kier molecular flexibility index (Phi) is 8.55. The van der Waals surface area contributed by atoms with E-state index in [2.05, 4.69) is 188 Å². The molecule has 63 heavy (non-hydrogen) atoms. The lowest BCUT2D eigenvalue weighted by Gasteiger charge is -2.61. The van der Waals surface area contributed by atoms with Crippen molar-refractivity contribution in [2.75, 3.05) is 4.90 Å². The van der Waals surface area contributed by atoms with E-state index in [9.17, 15) is 0 Å². The van der Waals surface area contributed by atoms with Crippen LogP contribution in [0.15, 0.2) is 127 Å². The number of anilines is 3. The van der Waals surface area contributed by atoms with Gasteiger partial charge in [0.05, 0.1) is 5.69 Å². The van der Waals surface area contributed by atoms with E-state index in [1.54, 1.807) is 11.1 Å². The number of hydrogen-bond donors (Lipinski definition) is 0. The van der Waals surface area contributed by atoms with Gasteiger partial charge in [-0.25, -0.2) is 0 Å². The van der Waals surface area contributed by atoms with E-state index in [-0.39, 0.29) is 27.1 Å². The first-order chi connectivity index (χ1) is 30.2. The molecule has 13 rings (SSSR count). The minimum absolute atomic E-state index is 0.0100. The van der Waals surface area contributed by atoms with Gasteiger partial charge in [0.25, 0.3) is 0 Å². The zero-order valence-electron chi connectivity index (χ0n) is 39.2. The fourth-order valence-electron chi connectivity index (χ4n) is 15.1. The van der Waals surface area contributed by atoms with Crippen LogP contribution in [0.3, 0.4) is 0 Å². The van der Waals surface area contributed by atoms with Crippen molar-refractivity contribution in [1.82, 2.24) is 0 Å². The highest BCUT2D eigenvalue weighted by molar-refractivity contribution is 6.05. The molecule has 0 unspecified atom stereocenters. The van der Waals surface area contributed by atoms with E-state index in [0.29, 0.717) is 11.8 Å². The fraction of sp³-hybridized carbons (Fsp3) is 0.419. The van der Waals surface area contributed by atoms with Gasteiger partial charge in [0, 0.05) is 27.9 Å². The largest absolute Gasteiger partial charge is 0.309 e. The summed E-state index contributed by atoms with van der Waals surface area (Å²) in [6.07, 6.45) is 11.7. The van der Waals surface area contributed by atoms with E-state index >= 15 is 0 Å². The predicted molar refractivity (Wildman–Crippen MR) is 266 cm³/mol. The fourth-order valence-corrected chi connectivity index (χ4v) is 15.1. The number of fused-ring (bicyclic) bond motifs is 5. The van der Waals surface area contributed by atoms with E-state index < -0.39 is 0 Å². The monoisotopic (exact) mass is 826 g/mol. The highest BCUT2D eigenvalue weighted by Gasteiger charge is 2.62. The normalized spacial score (nSPS) is 27.0. The molecule has 0 saturated heterocycles. The molecule has 0 aromatic heterocycles. The molecule has 0 heterocycles. The van der Waals surface area contributed by atoms with Crippen LogP contribution in [0.4, 0.5) is 17.1 Å². The second-order valence-electron chi connectivity index (χ2n) is 23.9. The van der Waals surface area contributed by atoms with Crippen LogP contribution in [0.5, 0.6) is 0 Å². The summed E-state index contributed by atoms with van der Waals surface area (Å²) in [6, 6.07) is 50.8. The molecule has 6 aromatic carbocycles. The highest BCUT2D eigenvalue weighted by atomic mass is 15.1. The Bertz CT molecular complexity index is 2690. The lowest BCUT2D eigenvalue weighted by molar-refractivity contribution is -0.0397. The minimum atomic E-state index is -0.0100. The SMILES string of the molecule is CC1(C)CCC(C)(C)c2cc(N(c3ccc4c(c3)C(C)(C)CCC4(C)C)c3c(-c4ccccc4)cc4c(c3-c3ccccc3)C3(c5ccccc5-4)C4CC5CC(C4)CC3C5)ccc21. The van der Waals surface area contributed by atoms with Gasteiger partial charge >= 0.3 is 0 Å². The van der Waals surface area contributed by atoms with Gasteiger partial charge in [0.15, 0.2) is 0 Å². The van der Waals surface area contributed by atoms with Gasteiger partial charge in [-0.2, -0.15) is 0 Å². The zero-order chi connectivity index (χ0) is 43.3. The van der Waals surface area contributed by atoms with Gasteiger partial charge < -0.3 is 4.90 Å². The van der Waals surface area contributed by atoms with Crippen LogP contribution in [-0.4, -0.2) is 0 Å². The molecule has 0 radical (unpaired) electrons. The van der Waals surface area contributed by atoms with Crippen molar-refractivity contribution < 1.29 is 0 Å². The Hall–Kier alpha value is -4.88. The summed E-state index contributed by atoms with van der Waals surface area (Å²) < 4.78 is 0. The van der Waals surface area contributed by atoms with Crippen LogP contribution in [0.1, 0.15) is 147 Å². The lowest BCUT2D eigenvalue weighted by Crippen LogP contribution is -2.55. The van der Waals surface area contributed by atoms with Gasteiger partial charge in [0.1, 0.15) is 0 Å². The molecule has 7 aliphatic rings. The smallest absolute Gasteiger partial charge is 0.0621 e. The molecule has 320 valence electrons. The maximum absolute atomic E-state index is 2.77. The van der Waals surface area contributed by atoms with E-state index in [1.165, 1.54) is 130 Å². The molecule has 1 nitrogen and oxygen atoms in total. The van der Waals surface area contributed by atoms with Gasteiger partial charge in [-0.05, 0) is 189 Å². The van der Waals surface area contributed by atoms with Crippen molar-refractivity contribution in [3.05, 3.63) is 161 Å². The summed E-state index contributed by atoms with van der Waals surface area (Å²) in [5.41, 5.74) is 21.9. The molecule has 0 atom stereocenters. The Morgan fingerprint density at radius 3 is 1.38 bits per heavy atom. The van der Waals surface area contributed by atoms with E-state index in [4.69, 9.17) is 0 Å². The van der Waals surface area contributed by atoms with Gasteiger partial charge in [-0.3, -0.25) is 0 Å². The topological polar surface area (TPSA) is 3.24 Å². The first-order valence-corrected chi connectivity index (χ1v) is 24.7. The van der Waals surface area contributed by atoms with Crippen LogP contribution in [0.25, 0.3) is 33.4 Å². The summed E-state index contributed by atoms with van der Waals surface area (Å²) >= 11 is 0. The summed E-state index contributed by atoms with van der Waals surface area (Å²) in [4.78, 5) is 2.77. The Morgan fingerprint density at radius 2 is 0.857 bits per heavy atom. The maximum Gasteiger partial charge on any atom is 0.0621 e. The van der Waals surface area contributed by atoms with Crippen molar-refractivity contribution in [2.24, 2.45) is 23.7 Å². The first kappa shape index (κ1) is 39.7. The Morgan fingerprint density at radius 1 is 0.397 bits per heavy atom. The maximum atomic E-state index is 2.77. The summed E-state index contributed by atoms with van der Waals surface area (Å²) in [5.74, 6) is 3.06. The third-order valence-corrected chi connectivity index (χ3v) is 18.4. The molecule has 1 heteroatoms. The first-order valence-electron chi connectivity index (χ1n) is 24.7. The quantitative estimate of drug-likeness (QED) is 0.167. The number of benzene rings is 6. The minimum Gasteiger partial charge on any atom is -0.309 e. The van der Waals surface area contributed by atoms with Crippen molar-refractivity contribution in [1.29, 1.82) is 0 Å². The van der Waals surface area contributed by atoms with Crippen LogP contribution in [0, 0.1) is 23.7 Å². The van der Waals surface area contributed by atoms with Crippen LogP contribution >= 0.6 is 0 Å². The molecule has 1 spiro atoms. The highest BCUT2D eigenvalue weighted by Crippen LogP contribution is 2.72. The molecule has 6 aromatic rings. The van der Waals surface area contributed by atoms with Gasteiger partial charge in [0.2, 0.25) is 0 Å². The summed E-state index contributed by atoms with van der Waals surface area (Å²) in [7, 11) is 0. The molecular formula is C62H67N. The van der Waals surface area contributed by atoms with Crippen LogP contribution in [0.2, 0.25) is 0 Å². The van der Waals surface area contributed by atoms with Gasteiger partial charge in [-0.1, -0.05) is 152 Å². The van der Waals surface area contributed by atoms with Gasteiger partial charge in [-0.15, -0.1) is 0 Å². The number of rotatable bonds is 5. The predicted octanol–water partition coefficient (Wildman–Crippen LogP) is 16.9. The summed E-state index contributed by atoms with van der Waals surface area (Å²) in [6.45, 7) is 19.8. The lowest BCUT2D eigenvalue weighted by atomic mass is 9.42. The van der Waals surface area contributed by atoms with Crippen molar-refractivity contribution in [2.45, 2.75) is 140 Å². The zero-order valence-corrected chi connectivity index (χ0v) is 39.2. The van der Waals surface area contributed by atoms with Crippen LogP contribution in [-0.2, 0) is 27.1 Å². The second kappa shape index (κ2) is 13.6. The van der Waals surface area contributed by atoms with Crippen molar-refractivity contribution in [3.63, 3.8) is 0 Å². The molecule has 4 saturated carbocycles. The molecule has 0 N–H and O–H groups in total. The standard InChI is InChI=1S/C62H67N/c1-58(2)27-29-60(5,6)53-36-45(23-25-51(53)58)63(46-24-26-52-54(37-46)61(7,8)30-28-59(52,3)4)57-48(41-17-11-9-12-18-41)38-49-47-21-15-16-22-50(47)62(56(49)55(57)42-19-13-10-14-20-42)43-32-39-31-40(34-43)35-44(62)33-39/h9-26,36-40,43-44H,27-35H2,1-8H3. The molecule has 0 amide bonds. The Labute approximate surface area is 378 Å². The third-order valence-electron chi connectivity index (χ3n) is 18.4.